The van der Waals surface area contributed by atoms with E-state index in [0.717, 1.165) is 6.07 Å². The Morgan fingerprint density at radius 1 is 1.55 bits per heavy atom. The van der Waals surface area contributed by atoms with Gasteiger partial charge >= 0.3 is 0 Å². The molecule has 0 saturated carbocycles. The second-order valence-corrected chi connectivity index (χ2v) is 7.05. The van der Waals surface area contributed by atoms with Crippen LogP contribution in [0.25, 0.3) is 0 Å². The van der Waals surface area contributed by atoms with Crippen LogP contribution in [0.3, 0.4) is 0 Å². The van der Waals surface area contributed by atoms with Crippen molar-refractivity contribution in [3.63, 3.8) is 0 Å². The van der Waals surface area contributed by atoms with Gasteiger partial charge in [0.15, 0.2) is 0 Å². The van der Waals surface area contributed by atoms with Crippen LogP contribution < -0.4 is 5.73 Å². The number of aliphatic hydroxyl groups is 1. The normalized spacial score (nSPS) is 22.1. The summed E-state index contributed by atoms with van der Waals surface area (Å²) < 4.78 is 39.6. The first kappa shape index (κ1) is 15.4. The van der Waals surface area contributed by atoms with Gasteiger partial charge in [0, 0.05) is 25.2 Å². The zero-order valence-corrected chi connectivity index (χ0v) is 12.1. The summed E-state index contributed by atoms with van der Waals surface area (Å²) >= 11 is 0. The van der Waals surface area contributed by atoms with Gasteiger partial charge in [-0.25, -0.2) is 12.8 Å². The van der Waals surface area contributed by atoms with Crippen LogP contribution in [-0.4, -0.2) is 37.0 Å². The van der Waals surface area contributed by atoms with Crippen LogP contribution in [0.4, 0.5) is 4.39 Å². The number of sulfonamides is 1. The number of aliphatic hydroxyl groups excluding tert-OH is 1. The van der Waals surface area contributed by atoms with Crippen molar-refractivity contribution in [2.75, 3.05) is 13.1 Å². The second-order valence-electron chi connectivity index (χ2n) is 5.11. The summed E-state index contributed by atoms with van der Waals surface area (Å²) in [6.07, 6.45) is 0.0880. The van der Waals surface area contributed by atoms with Gasteiger partial charge in [0.2, 0.25) is 10.0 Å². The van der Waals surface area contributed by atoms with E-state index >= 15 is 0 Å². The molecule has 0 amide bonds. The molecule has 2 unspecified atom stereocenters. The van der Waals surface area contributed by atoms with Gasteiger partial charge < -0.3 is 10.8 Å². The second kappa shape index (κ2) is 5.77. The number of halogens is 1. The minimum atomic E-state index is -3.65. The fourth-order valence-corrected chi connectivity index (χ4v) is 3.95. The predicted molar refractivity (Wildman–Crippen MR) is 72.8 cm³/mol. The van der Waals surface area contributed by atoms with E-state index in [0.29, 0.717) is 13.0 Å². The molecule has 20 heavy (non-hydrogen) atoms. The highest BCUT2D eigenvalue weighted by Gasteiger charge is 2.34. The molecule has 3 N–H and O–H groups in total. The molecule has 2 rings (SSSR count). The quantitative estimate of drug-likeness (QED) is 0.856. The van der Waals surface area contributed by atoms with E-state index in [4.69, 9.17) is 5.73 Å². The highest BCUT2D eigenvalue weighted by atomic mass is 32.2. The molecular weight excluding hydrogens is 283 g/mol. The van der Waals surface area contributed by atoms with Gasteiger partial charge in [-0.1, -0.05) is 0 Å². The zero-order valence-electron chi connectivity index (χ0n) is 11.3. The number of hydrogen-bond acceptors (Lipinski definition) is 4. The van der Waals surface area contributed by atoms with Crippen molar-refractivity contribution < 1.29 is 17.9 Å². The van der Waals surface area contributed by atoms with Crippen molar-refractivity contribution in [1.82, 2.24) is 4.31 Å². The summed E-state index contributed by atoms with van der Waals surface area (Å²) in [4.78, 5) is 0.0468. The Labute approximate surface area is 118 Å². The van der Waals surface area contributed by atoms with E-state index < -0.39 is 21.9 Å². The SMILES string of the molecule is CC(O)C1CCN(S(=O)(=O)c2ccc(F)c(CN)c2)C1. The van der Waals surface area contributed by atoms with Crippen molar-refractivity contribution in [2.45, 2.75) is 30.9 Å². The third-order valence-corrected chi connectivity index (χ3v) is 5.61. The lowest BCUT2D eigenvalue weighted by molar-refractivity contribution is 0.133. The van der Waals surface area contributed by atoms with Crippen molar-refractivity contribution in [2.24, 2.45) is 11.7 Å². The Hall–Kier alpha value is -1.02. The standard InChI is InChI=1S/C13H19FN2O3S/c1-9(17)10-4-5-16(8-10)20(18,19)12-2-3-13(14)11(6-12)7-15/h2-3,6,9-10,17H,4-5,7-8,15H2,1H3. The smallest absolute Gasteiger partial charge is 0.243 e. The average molecular weight is 302 g/mol. The summed E-state index contributed by atoms with van der Waals surface area (Å²) in [5.74, 6) is -0.561. The molecule has 5 nitrogen and oxygen atoms in total. The summed E-state index contributed by atoms with van der Waals surface area (Å²) in [5, 5.41) is 9.54. The van der Waals surface area contributed by atoms with Crippen LogP contribution in [0.5, 0.6) is 0 Å². The molecule has 7 heteroatoms. The average Bonchev–Trinajstić information content (AvgIpc) is 2.89. The number of rotatable bonds is 4. The first-order chi connectivity index (χ1) is 9.36. The molecule has 1 saturated heterocycles. The van der Waals surface area contributed by atoms with Crippen molar-refractivity contribution in [3.8, 4) is 0 Å². The Morgan fingerprint density at radius 3 is 2.80 bits per heavy atom. The maximum atomic E-state index is 13.4. The molecule has 112 valence electrons. The first-order valence-corrected chi connectivity index (χ1v) is 7.97. The van der Waals surface area contributed by atoms with E-state index in [1.54, 1.807) is 6.92 Å². The maximum Gasteiger partial charge on any atom is 0.243 e. The van der Waals surface area contributed by atoms with Crippen molar-refractivity contribution >= 4 is 10.0 Å². The zero-order chi connectivity index (χ0) is 14.9. The fraction of sp³-hybridized carbons (Fsp3) is 0.538. The van der Waals surface area contributed by atoms with E-state index in [9.17, 15) is 17.9 Å². The van der Waals surface area contributed by atoms with Crippen molar-refractivity contribution in [1.29, 1.82) is 0 Å². The van der Waals surface area contributed by atoms with E-state index in [1.165, 1.54) is 16.4 Å². The highest BCUT2D eigenvalue weighted by Crippen LogP contribution is 2.27. The minimum absolute atomic E-state index is 0.0468. The third-order valence-electron chi connectivity index (χ3n) is 3.74. The van der Waals surface area contributed by atoms with Gasteiger partial charge in [-0.05, 0) is 37.5 Å². The monoisotopic (exact) mass is 302 g/mol. The number of benzene rings is 1. The Bertz CT molecular complexity index is 589. The highest BCUT2D eigenvalue weighted by molar-refractivity contribution is 7.89. The maximum absolute atomic E-state index is 13.4. The van der Waals surface area contributed by atoms with E-state index in [-0.39, 0.29) is 29.5 Å². The summed E-state index contributed by atoms with van der Waals surface area (Å²) in [5.41, 5.74) is 5.57. The van der Waals surface area contributed by atoms with E-state index in [2.05, 4.69) is 0 Å². The molecule has 0 spiro atoms. The lowest BCUT2D eigenvalue weighted by atomic mass is 10.0. The molecule has 0 bridgehead atoms. The van der Waals surface area contributed by atoms with Crippen LogP contribution in [0.1, 0.15) is 18.9 Å². The van der Waals surface area contributed by atoms with E-state index in [1.807, 2.05) is 0 Å². The van der Waals surface area contributed by atoms with Crippen LogP contribution in [0.15, 0.2) is 23.1 Å². The Morgan fingerprint density at radius 2 is 2.25 bits per heavy atom. The lowest BCUT2D eigenvalue weighted by Gasteiger charge is -2.18. The lowest BCUT2D eigenvalue weighted by Crippen LogP contribution is -2.30. The molecular formula is C13H19FN2O3S. The minimum Gasteiger partial charge on any atom is -0.393 e. The molecule has 2 atom stereocenters. The van der Waals surface area contributed by atoms with Crippen molar-refractivity contribution in [3.05, 3.63) is 29.6 Å². The first-order valence-electron chi connectivity index (χ1n) is 6.53. The fourth-order valence-electron chi connectivity index (χ4n) is 2.38. The molecule has 0 radical (unpaired) electrons. The topological polar surface area (TPSA) is 83.6 Å². The Balaban J connectivity index is 2.27. The van der Waals surface area contributed by atoms with Crippen LogP contribution >= 0.6 is 0 Å². The molecule has 1 aromatic carbocycles. The number of nitrogens with zero attached hydrogens (tertiary/aromatic N) is 1. The molecule has 0 aromatic heterocycles. The van der Waals surface area contributed by atoms with Crippen LogP contribution in [0, 0.1) is 11.7 Å². The van der Waals surface area contributed by atoms with Crippen LogP contribution in [-0.2, 0) is 16.6 Å². The molecule has 1 fully saturated rings. The third kappa shape index (κ3) is 2.85. The largest absolute Gasteiger partial charge is 0.393 e. The summed E-state index contributed by atoms with van der Waals surface area (Å²) in [7, 11) is -3.65. The van der Waals surface area contributed by atoms with Gasteiger partial charge in [-0.3, -0.25) is 0 Å². The molecule has 1 aliphatic heterocycles. The number of nitrogens with two attached hydrogens (primary N) is 1. The molecule has 1 aromatic rings. The van der Waals surface area contributed by atoms with Gasteiger partial charge in [-0.15, -0.1) is 0 Å². The Kier molecular flexibility index (Phi) is 4.43. The molecule has 0 aliphatic carbocycles. The van der Waals surface area contributed by atoms with Gasteiger partial charge in [0.25, 0.3) is 0 Å². The molecule has 1 aliphatic rings. The van der Waals surface area contributed by atoms with Gasteiger partial charge in [0.05, 0.1) is 11.0 Å². The van der Waals surface area contributed by atoms with Gasteiger partial charge in [-0.2, -0.15) is 4.31 Å². The van der Waals surface area contributed by atoms with Crippen LogP contribution in [0.2, 0.25) is 0 Å². The predicted octanol–water partition coefficient (Wildman–Crippen LogP) is 0.676. The van der Waals surface area contributed by atoms with Gasteiger partial charge in [0.1, 0.15) is 5.82 Å². The summed E-state index contributed by atoms with van der Waals surface area (Å²) in [6, 6.07) is 3.65. The number of hydrogen-bond donors (Lipinski definition) is 2. The summed E-state index contributed by atoms with van der Waals surface area (Å²) in [6.45, 7) is 2.26. The molecule has 1 heterocycles.